The molecule has 0 radical (unpaired) electrons. The van der Waals surface area contributed by atoms with E-state index in [2.05, 4.69) is 25.2 Å². The molecule has 1 unspecified atom stereocenters. The van der Waals surface area contributed by atoms with E-state index in [-0.39, 0.29) is 11.7 Å². The minimum absolute atomic E-state index is 0.201. The smallest absolute Gasteiger partial charge is 0.269 e. The number of hydrogen-bond acceptors (Lipinski definition) is 5. The van der Waals surface area contributed by atoms with Crippen molar-refractivity contribution >= 4 is 11.7 Å². The zero-order valence-corrected chi connectivity index (χ0v) is 14.5. The molecule has 0 aromatic carbocycles. The lowest BCUT2D eigenvalue weighted by atomic mass is 9.93. The Morgan fingerprint density at radius 3 is 2.96 bits per heavy atom. The summed E-state index contributed by atoms with van der Waals surface area (Å²) in [7, 11) is 1.59. The number of rotatable bonds is 4. The summed E-state index contributed by atoms with van der Waals surface area (Å²) in [5, 5.41) is 2.60. The molecule has 1 aliphatic heterocycles. The predicted molar refractivity (Wildman–Crippen MR) is 93.0 cm³/mol. The second-order valence-corrected chi connectivity index (χ2v) is 6.36. The van der Waals surface area contributed by atoms with E-state index in [1.54, 1.807) is 26.1 Å². The van der Waals surface area contributed by atoms with Gasteiger partial charge in [0, 0.05) is 25.8 Å². The molecule has 3 rings (SSSR count). The van der Waals surface area contributed by atoms with Crippen molar-refractivity contribution in [3.05, 3.63) is 47.4 Å². The van der Waals surface area contributed by atoms with E-state index in [4.69, 9.17) is 0 Å². The van der Waals surface area contributed by atoms with Gasteiger partial charge in [0.1, 0.15) is 23.2 Å². The Labute approximate surface area is 146 Å². The van der Waals surface area contributed by atoms with Gasteiger partial charge in [-0.25, -0.2) is 19.3 Å². The van der Waals surface area contributed by atoms with Gasteiger partial charge in [-0.05, 0) is 50.3 Å². The van der Waals surface area contributed by atoms with Crippen molar-refractivity contribution in [2.24, 2.45) is 5.92 Å². The van der Waals surface area contributed by atoms with E-state index in [0.717, 1.165) is 43.9 Å². The minimum atomic E-state index is -0.324. The lowest BCUT2D eigenvalue weighted by molar-refractivity contribution is 0.0957. The van der Waals surface area contributed by atoms with Crippen LogP contribution in [0, 0.1) is 18.7 Å². The zero-order chi connectivity index (χ0) is 17.8. The van der Waals surface area contributed by atoms with Crippen LogP contribution in [0.1, 0.15) is 34.8 Å². The summed E-state index contributed by atoms with van der Waals surface area (Å²) in [6.45, 7) is 3.56. The topological polar surface area (TPSA) is 71.0 Å². The van der Waals surface area contributed by atoms with Crippen molar-refractivity contribution in [2.75, 3.05) is 25.0 Å². The molecule has 1 fully saturated rings. The molecule has 0 bridgehead atoms. The Morgan fingerprint density at radius 2 is 2.24 bits per heavy atom. The van der Waals surface area contributed by atoms with Crippen molar-refractivity contribution in [2.45, 2.75) is 26.2 Å². The largest absolute Gasteiger partial charge is 0.356 e. The molecule has 6 nitrogen and oxygen atoms in total. The van der Waals surface area contributed by atoms with Gasteiger partial charge >= 0.3 is 0 Å². The maximum atomic E-state index is 13.1. The van der Waals surface area contributed by atoms with E-state index in [1.807, 2.05) is 0 Å². The summed E-state index contributed by atoms with van der Waals surface area (Å²) in [6.07, 6.45) is 4.18. The Bertz CT molecular complexity index is 750. The second kappa shape index (κ2) is 7.55. The van der Waals surface area contributed by atoms with Gasteiger partial charge in [-0.3, -0.25) is 4.79 Å². The lowest BCUT2D eigenvalue weighted by Gasteiger charge is -2.33. The summed E-state index contributed by atoms with van der Waals surface area (Å²) in [5.41, 5.74) is 1.28. The van der Waals surface area contributed by atoms with Crippen LogP contribution in [0.3, 0.4) is 0 Å². The van der Waals surface area contributed by atoms with Crippen LogP contribution in [0.25, 0.3) is 0 Å². The number of piperidine rings is 1. The van der Waals surface area contributed by atoms with Gasteiger partial charge in [-0.15, -0.1) is 0 Å². The van der Waals surface area contributed by atoms with Crippen molar-refractivity contribution in [3.8, 4) is 0 Å². The number of aryl methyl sites for hydroxylation is 1. The Morgan fingerprint density at radius 1 is 1.40 bits per heavy atom. The molecular formula is C18H22FN5O. The first-order valence-electron chi connectivity index (χ1n) is 8.48. The van der Waals surface area contributed by atoms with Gasteiger partial charge in [0.05, 0.1) is 6.20 Å². The average molecular weight is 343 g/mol. The van der Waals surface area contributed by atoms with Gasteiger partial charge < -0.3 is 10.2 Å². The molecule has 2 aromatic heterocycles. The SMILES string of the molecule is CNC(=O)c1cc(CC2CCCN(c3ccc(F)cn3)C2)nc(C)n1. The minimum Gasteiger partial charge on any atom is -0.356 e. The summed E-state index contributed by atoms with van der Waals surface area (Å²) in [5.74, 6) is 1.29. The molecule has 25 heavy (non-hydrogen) atoms. The van der Waals surface area contributed by atoms with Crippen molar-refractivity contribution in [1.82, 2.24) is 20.3 Å². The number of halogens is 1. The molecule has 132 valence electrons. The molecule has 3 heterocycles. The number of anilines is 1. The number of nitrogens with one attached hydrogen (secondary N) is 1. The molecule has 1 aliphatic rings. The molecule has 1 saturated heterocycles. The summed E-state index contributed by atoms with van der Waals surface area (Å²) in [4.78, 5) is 26.9. The van der Waals surface area contributed by atoms with E-state index >= 15 is 0 Å². The molecule has 2 aromatic rings. The number of hydrogen-bond donors (Lipinski definition) is 1. The van der Waals surface area contributed by atoms with Gasteiger partial charge in [0.2, 0.25) is 0 Å². The van der Waals surface area contributed by atoms with E-state index < -0.39 is 0 Å². The number of aromatic nitrogens is 3. The van der Waals surface area contributed by atoms with E-state index in [0.29, 0.717) is 17.4 Å². The van der Waals surface area contributed by atoms with Gasteiger partial charge in [-0.2, -0.15) is 0 Å². The van der Waals surface area contributed by atoms with Crippen LogP contribution >= 0.6 is 0 Å². The van der Waals surface area contributed by atoms with Crippen LogP contribution in [0.4, 0.5) is 10.2 Å². The monoisotopic (exact) mass is 343 g/mol. The second-order valence-electron chi connectivity index (χ2n) is 6.36. The highest BCUT2D eigenvalue weighted by Crippen LogP contribution is 2.24. The number of nitrogens with zero attached hydrogens (tertiary/aromatic N) is 4. The standard InChI is InChI=1S/C18H22FN5O/c1-12-22-15(9-16(23-12)18(25)20-2)8-13-4-3-7-24(11-13)17-6-5-14(19)10-21-17/h5-6,9-10,13H,3-4,7-8,11H2,1-2H3,(H,20,25). The molecule has 1 N–H and O–H groups in total. The predicted octanol–water partition coefficient (Wildman–Crippen LogP) is 2.14. The van der Waals surface area contributed by atoms with Crippen LogP contribution < -0.4 is 10.2 Å². The van der Waals surface area contributed by atoms with Crippen LogP contribution in [0.5, 0.6) is 0 Å². The molecule has 7 heteroatoms. The first-order chi connectivity index (χ1) is 12.0. The third-order valence-electron chi connectivity index (χ3n) is 4.40. The van der Waals surface area contributed by atoms with Crippen LogP contribution in [0.2, 0.25) is 0 Å². The molecule has 0 spiro atoms. The van der Waals surface area contributed by atoms with Crippen molar-refractivity contribution in [1.29, 1.82) is 0 Å². The van der Waals surface area contributed by atoms with Gasteiger partial charge in [-0.1, -0.05) is 0 Å². The Balaban J connectivity index is 1.71. The Hall–Kier alpha value is -2.57. The Kier molecular flexibility index (Phi) is 5.21. The number of pyridine rings is 1. The molecule has 1 atom stereocenters. The number of amides is 1. The molecule has 0 saturated carbocycles. The molecule has 0 aliphatic carbocycles. The molecular weight excluding hydrogens is 321 g/mol. The maximum Gasteiger partial charge on any atom is 0.269 e. The highest BCUT2D eigenvalue weighted by atomic mass is 19.1. The van der Waals surface area contributed by atoms with Crippen LogP contribution in [-0.4, -0.2) is 41.0 Å². The van der Waals surface area contributed by atoms with Gasteiger partial charge in [0.25, 0.3) is 5.91 Å². The quantitative estimate of drug-likeness (QED) is 0.921. The molecule has 1 amide bonds. The van der Waals surface area contributed by atoms with Crippen molar-refractivity contribution < 1.29 is 9.18 Å². The van der Waals surface area contributed by atoms with Crippen molar-refractivity contribution in [3.63, 3.8) is 0 Å². The summed E-state index contributed by atoms with van der Waals surface area (Å²) in [6, 6.07) is 4.92. The van der Waals surface area contributed by atoms with Crippen LogP contribution in [0.15, 0.2) is 24.4 Å². The first kappa shape index (κ1) is 17.3. The summed E-state index contributed by atoms with van der Waals surface area (Å²) < 4.78 is 13.1. The number of carbonyl (C=O) groups excluding carboxylic acids is 1. The fraction of sp³-hybridized carbons (Fsp3) is 0.444. The first-order valence-corrected chi connectivity index (χ1v) is 8.48. The normalized spacial score (nSPS) is 17.4. The van der Waals surface area contributed by atoms with Gasteiger partial charge in [0.15, 0.2) is 0 Å². The third kappa shape index (κ3) is 4.29. The average Bonchev–Trinajstić information content (AvgIpc) is 2.61. The highest BCUT2D eigenvalue weighted by Gasteiger charge is 2.22. The fourth-order valence-electron chi connectivity index (χ4n) is 3.27. The van der Waals surface area contributed by atoms with Crippen LogP contribution in [-0.2, 0) is 6.42 Å². The number of carbonyl (C=O) groups is 1. The highest BCUT2D eigenvalue weighted by molar-refractivity contribution is 5.92. The summed E-state index contributed by atoms with van der Waals surface area (Å²) >= 11 is 0. The maximum absolute atomic E-state index is 13.1. The third-order valence-corrected chi connectivity index (χ3v) is 4.40. The fourth-order valence-corrected chi connectivity index (χ4v) is 3.27. The van der Waals surface area contributed by atoms with E-state index in [1.165, 1.54) is 12.3 Å². The lowest BCUT2D eigenvalue weighted by Crippen LogP contribution is -2.37. The zero-order valence-electron chi connectivity index (χ0n) is 14.5. The van der Waals surface area contributed by atoms with E-state index in [9.17, 15) is 9.18 Å².